The third-order valence-electron chi connectivity index (χ3n) is 3.37. The number of nitrogens with two attached hydrogens (primary N) is 1. The molecule has 4 nitrogen and oxygen atoms in total. The van der Waals surface area contributed by atoms with Crippen LogP contribution in [0.1, 0.15) is 20.3 Å². The number of ether oxygens (including phenoxy) is 2. The number of piperidine rings is 1. The van der Waals surface area contributed by atoms with Gasteiger partial charge in [-0.15, -0.1) is 12.4 Å². The fourth-order valence-electron chi connectivity index (χ4n) is 2.11. The van der Waals surface area contributed by atoms with E-state index in [0.717, 1.165) is 32.7 Å². The predicted octanol–water partition coefficient (Wildman–Crippen LogP) is 1.13. The van der Waals surface area contributed by atoms with Crippen LogP contribution in [0.4, 0.5) is 0 Å². The molecule has 1 aliphatic heterocycles. The highest BCUT2D eigenvalue weighted by molar-refractivity contribution is 5.85. The van der Waals surface area contributed by atoms with Crippen LogP contribution in [0.25, 0.3) is 0 Å². The van der Waals surface area contributed by atoms with Crippen LogP contribution < -0.4 is 5.73 Å². The molecule has 1 unspecified atom stereocenters. The van der Waals surface area contributed by atoms with Gasteiger partial charge in [0.1, 0.15) is 0 Å². The van der Waals surface area contributed by atoms with Crippen LogP contribution in [0.3, 0.4) is 0 Å². The number of rotatable bonds is 6. The second kappa shape index (κ2) is 8.27. The zero-order valence-corrected chi connectivity index (χ0v) is 12.1. The van der Waals surface area contributed by atoms with Crippen molar-refractivity contribution in [2.45, 2.75) is 26.3 Å². The largest absolute Gasteiger partial charge is 0.382 e. The van der Waals surface area contributed by atoms with Crippen molar-refractivity contribution >= 4 is 12.4 Å². The Labute approximate surface area is 111 Å². The number of halogens is 1. The maximum atomic E-state index is 6.09. The minimum Gasteiger partial charge on any atom is -0.382 e. The van der Waals surface area contributed by atoms with Crippen molar-refractivity contribution < 1.29 is 9.47 Å². The molecule has 1 rings (SSSR count). The molecule has 1 fully saturated rings. The van der Waals surface area contributed by atoms with E-state index in [1.54, 1.807) is 7.11 Å². The van der Waals surface area contributed by atoms with Crippen molar-refractivity contribution in [2.75, 3.05) is 46.6 Å². The van der Waals surface area contributed by atoms with Gasteiger partial charge < -0.3 is 20.1 Å². The highest BCUT2D eigenvalue weighted by Crippen LogP contribution is 2.27. The molecule has 0 spiro atoms. The first-order valence-corrected chi connectivity index (χ1v) is 6.11. The first kappa shape index (κ1) is 17.1. The number of nitrogens with zero attached hydrogens (tertiary/aromatic N) is 1. The summed E-state index contributed by atoms with van der Waals surface area (Å²) in [5, 5.41) is 0. The van der Waals surface area contributed by atoms with Crippen LogP contribution in [0.15, 0.2) is 0 Å². The molecule has 104 valence electrons. The van der Waals surface area contributed by atoms with Gasteiger partial charge in [0.2, 0.25) is 0 Å². The van der Waals surface area contributed by atoms with Crippen molar-refractivity contribution in [3.05, 3.63) is 0 Å². The monoisotopic (exact) mass is 266 g/mol. The summed E-state index contributed by atoms with van der Waals surface area (Å²) in [6.07, 6.45) is 1.09. The summed E-state index contributed by atoms with van der Waals surface area (Å²) < 4.78 is 10.4. The normalized spacial score (nSPS) is 24.4. The van der Waals surface area contributed by atoms with E-state index in [4.69, 9.17) is 15.2 Å². The molecule has 0 aliphatic carbocycles. The highest BCUT2D eigenvalue weighted by atomic mass is 35.5. The summed E-state index contributed by atoms with van der Waals surface area (Å²) >= 11 is 0. The molecule has 0 radical (unpaired) electrons. The Morgan fingerprint density at radius 2 is 2.00 bits per heavy atom. The lowest BCUT2D eigenvalue weighted by molar-refractivity contribution is 0.0349. The fourth-order valence-corrected chi connectivity index (χ4v) is 2.11. The molecule has 0 saturated carbocycles. The zero-order chi connectivity index (χ0) is 12.0. The molecule has 5 heteroatoms. The van der Waals surface area contributed by atoms with Gasteiger partial charge in [-0.2, -0.15) is 0 Å². The van der Waals surface area contributed by atoms with Gasteiger partial charge in [-0.05, 0) is 18.4 Å². The van der Waals surface area contributed by atoms with Crippen LogP contribution in [0.2, 0.25) is 0 Å². The summed E-state index contributed by atoms with van der Waals surface area (Å²) in [6.45, 7) is 9.81. The minimum absolute atomic E-state index is 0. The van der Waals surface area contributed by atoms with Crippen LogP contribution in [-0.4, -0.2) is 57.5 Å². The van der Waals surface area contributed by atoms with Gasteiger partial charge in [-0.3, -0.25) is 0 Å². The summed E-state index contributed by atoms with van der Waals surface area (Å²) in [4.78, 5) is 2.44. The lowest BCUT2D eigenvalue weighted by Gasteiger charge is -2.42. The van der Waals surface area contributed by atoms with E-state index in [9.17, 15) is 0 Å². The summed E-state index contributed by atoms with van der Waals surface area (Å²) in [6, 6.07) is 0.332. The lowest BCUT2D eigenvalue weighted by atomic mass is 9.80. The Hall–Kier alpha value is 0.130. The Bertz CT molecular complexity index is 203. The number of hydrogen-bond donors (Lipinski definition) is 1. The van der Waals surface area contributed by atoms with Gasteiger partial charge in [0.25, 0.3) is 0 Å². The molecule has 0 aromatic heterocycles. The first-order valence-electron chi connectivity index (χ1n) is 6.11. The van der Waals surface area contributed by atoms with E-state index in [1.165, 1.54) is 0 Å². The maximum Gasteiger partial charge on any atom is 0.0700 e. The SMILES string of the molecule is COCCOCCN1CCC(N)C(C)(C)C1.Cl. The molecule has 1 aliphatic rings. The van der Waals surface area contributed by atoms with E-state index in [-0.39, 0.29) is 17.8 Å². The molecular weight excluding hydrogens is 240 g/mol. The highest BCUT2D eigenvalue weighted by Gasteiger charge is 2.32. The molecule has 0 amide bonds. The third-order valence-corrected chi connectivity index (χ3v) is 3.37. The molecule has 17 heavy (non-hydrogen) atoms. The quantitative estimate of drug-likeness (QED) is 0.733. The van der Waals surface area contributed by atoms with E-state index in [2.05, 4.69) is 18.7 Å². The van der Waals surface area contributed by atoms with Gasteiger partial charge in [0.05, 0.1) is 19.8 Å². The Morgan fingerprint density at radius 3 is 2.59 bits per heavy atom. The van der Waals surface area contributed by atoms with Crippen molar-refractivity contribution in [1.29, 1.82) is 0 Å². The molecular formula is C12H27ClN2O2. The average molecular weight is 267 g/mol. The second-order valence-electron chi connectivity index (χ2n) is 5.27. The van der Waals surface area contributed by atoms with Crippen molar-refractivity contribution in [3.8, 4) is 0 Å². The van der Waals surface area contributed by atoms with Gasteiger partial charge in [0.15, 0.2) is 0 Å². The molecule has 0 aromatic carbocycles. The van der Waals surface area contributed by atoms with E-state index in [1.807, 2.05) is 0 Å². The van der Waals surface area contributed by atoms with Gasteiger partial charge in [-0.1, -0.05) is 13.8 Å². The smallest absolute Gasteiger partial charge is 0.0700 e. The van der Waals surface area contributed by atoms with Crippen LogP contribution in [0, 0.1) is 5.41 Å². The number of methoxy groups -OCH3 is 1. The number of hydrogen-bond acceptors (Lipinski definition) is 4. The summed E-state index contributed by atoms with van der Waals surface area (Å²) in [5.74, 6) is 0. The summed E-state index contributed by atoms with van der Waals surface area (Å²) in [7, 11) is 1.69. The van der Waals surface area contributed by atoms with Crippen LogP contribution in [-0.2, 0) is 9.47 Å². The van der Waals surface area contributed by atoms with Gasteiger partial charge in [0, 0.05) is 26.2 Å². The number of likely N-dealkylation sites (tertiary alicyclic amines) is 1. The van der Waals surface area contributed by atoms with Crippen molar-refractivity contribution in [3.63, 3.8) is 0 Å². The topological polar surface area (TPSA) is 47.7 Å². The van der Waals surface area contributed by atoms with E-state index in [0.29, 0.717) is 19.3 Å². The molecule has 2 N–H and O–H groups in total. The molecule has 0 aromatic rings. The van der Waals surface area contributed by atoms with Crippen LogP contribution in [0.5, 0.6) is 0 Å². The van der Waals surface area contributed by atoms with E-state index < -0.39 is 0 Å². The minimum atomic E-state index is 0. The van der Waals surface area contributed by atoms with Gasteiger partial charge in [-0.25, -0.2) is 0 Å². The van der Waals surface area contributed by atoms with Crippen molar-refractivity contribution in [1.82, 2.24) is 4.90 Å². The maximum absolute atomic E-state index is 6.09. The Balaban J connectivity index is 0.00000256. The lowest BCUT2D eigenvalue weighted by Crippen LogP contribution is -2.52. The third kappa shape index (κ3) is 6.02. The molecule has 1 atom stereocenters. The Kier molecular flexibility index (Phi) is 8.33. The fraction of sp³-hybridized carbons (Fsp3) is 1.00. The van der Waals surface area contributed by atoms with Crippen LogP contribution >= 0.6 is 12.4 Å². The van der Waals surface area contributed by atoms with E-state index >= 15 is 0 Å². The summed E-state index contributed by atoms with van der Waals surface area (Å²) in [5.41, 5.74) is 6.32. The molecule has 1 saturated heterocycles. The standard InChI is InChI=1S/C12H26N2O2.ClH/c1-12(2)10-14(5-4-11(12)13)6-7-16-9-8-15-3;/h11H,4-10,13H2,1-3H3;1H. The molecule has 0 bridgehead atoms. The zero-order valence-electron chi connectivity index (χ0n) is 11.3. The molecule has 1 heterocycles. The Morgan fingerprint density at radius 1 is 1.29 bits per heavy atom. The second-order valence-corrected chi connectivity index (χ2v) is 5.27. The predicted molar refractivity (Wildman–Crippen MR) is 72.8 cm³/mol. The van der Waals surface area contributed by atoms with Gasteiger partial charge >= 0.3 is 0 Å². The average Bonchev–Trinajstić information content (AvgIpc) is 2.23. The first-order chi connectivity index (χ1) is 7.56. The van der Waals surface area contributed by atoms with Crippen molar-refractivity contribution in [2.24, 2.45) is 11.1 Å².